The maximum atomic E-state index is 5.92. The van der Waals surface area contributed by atoms with Gasteiger partial charge in [-0.2, -0.15) is 0 Å². The predicted molar refractivity (Wildman–Crippen MR) is 93.5 cm³/mol. The Kier molecular flexibility index (Phi) is 2.97. The largest absolute Gasteiger partial charge is 0.398 e. The van der Waals surface area contributed by atoms with Crippen molar-refractivity contribution in [3.8, 4) is 0 Å². The van der Waals surface area contributed by atoms with Crippen LogP contribution in [0.15, 0.2) is 30.3 Å². The van der Waals surface area contributed by atoms with Crippen molar-refractivity contribution in [2.45, 2.75) is 0 Å². The van der Waals surface area contributed by atoms with Crippen LogP contribution in [0.2, 0.25) is 0 Å². The summed E-state index contributed by atoms with van der Waals surface area (Å²) in [6, 6.07) is 9.96. The van der Waals surface area contributed by atoms with Gasteiger partial charge in [0.25, 0.3) is 0 Å². The Morgan fingerprint density at radius 2 is 1.22 bits per heavy atom. The third-order valence-corrected chi connectivity index (χ3v) is 5.16. The SMILES string of the molecule is Nc1ccc2cc3ccc(N)c(I)c3nc2c1I. The minimum atomic E-state index is 0.758. The molecule has 0 aliphatic heterocycles. The van der Waals surface area contributed by atoms with Gasteiger partial charge >= 0.3 is 0 Å². The molecule has 4 N–H and O–H groups in total. The zero-order valence-corrected chi connectivity index (χ0v) is 13.6. The topological polar surface area (TPSA) is 64.9 Å². The standard InChI is InChI=1S/C13H9I2N3/c14-10-8(16)3-1-6-5-7-2-4-9(17)11(15)13(7)18-12(6)10/h1-5H,16-17H2. The number of benzene rings is 2. The fourth-order valence-electron chi connectivity index (χ4n) is 1.93. The number of pyridine rings is 1. The predicted octanol–water partition coefficient (Wildman–Crippen LogP) is 3.76. The van der Waals surface area contributed by atoms with Crippen LogP contribution in [-0.2, 0) is 0 Å². The minimum Gasteiger partial charge on any atom is -0.398 e. The van der Waals surface area contributed by atoms with Crippen molar-refractivity contribution in [2.24, 2.45) is 0 Å². The number of nitrogens with zero attached hydrogens (tertiary/aromatic N) is 1. The molecule has 0 radical (unpaired) electrons. The van der Waals surface area contributed by atoms with Gasteiger partial charge in [0.15, 0.2) is 0 Å². The molecule has 0 saturated carbocycles. The van der Waals surface area contributed by atoms with Crippen molar-refractivity contribution >= 4 is 78.4 Å². The Hall–Kier alpha value is -0.830. The monoisotopic (exact) mass is 461 g/mol. The number of nitrogens with two attached hydrogens (primary N) is 2. The molecular formula is C13H9I2N3. The first kappa shape index (κ1) is 12.2. The quantitative estimate of drug-likeness (QED) is 0.305. The molecule has 3 aromatic rings. The molecule has 0 atom stereocenters. The average Bonchev–Trinajstić information content (AvgIpc) is 2.37. The number of fused-ring (bicyclic) bond motifs is 2. The summed E-state index contributed by atoms with van der Waals surface area (Å²) in [5, 5.41) is 2.20. The lowest BCUT2D eigenvalue weighted by atomic mass is 10.1. The summed E-state index contributed by atoms with van der Waals surface area (Å²) < 4.78 is 1.98. The molecule has 1 aromatic heterocycles. The lowest BCUT2D eigenvalue weighted by molar-refractivity contribution is 1.46. The summed E-state index contributed by atoms with van der Waals surface area (Å²) in [5.41, 5.74) is 15.2. The second kappa shape index (κ2) is 4.37. The van der Waals surface area contributed by atoms with Gasteiger partial charge in [-0.1, -0.05) is 12.1 Å². The molecule has 0 spiro atoms. The van der Waals surface area contributed by atoms with E-state index in [-0.39, 0.29) is 0 Å². The lowest BCUT2D eigenvalue weighted by Crippen LogP contribution is -1.95. The molecule has 0 unspecified atom stereocenters. The van der Waals surface area contributed by atoms with E-state index in [2.05, 4.69) is 51.2 Å². The third-order valence-electron chi connectivity index (χ3n) is 2.89. The van der Waals surface area contributed by atoms with Gasteiger partial charge in [-0.3, -0.25) is 0 Å². The number of nitrogen functional groups attached to an aromatic ring is 2. The summed E-state index contributed by atoms with van der Waals surface area (Å²) in [6.45, 7) is 0. The van der Waals surface area contributed by atoms with Gasteiger partial charge in [0, 0.05) is 22.1 Å². The highest BCUT2D eigenvalue weighted by molar-refractivity contribution is 14.1. The fourth-order valence-corrected chi connectivity index (χ4v) is 3.15. The van der Waals surface area contributed by atoms with Gasteiger partial charge in [-0.05, 0) is 63.4 Å². The van der Waals surface area contributed by atoms with E-state index in [1.807, 2.05) is 24.3 Å². The van der Waals surface area contributed by atoms with Gasteiger partial charge in [-0.15, -0.1) is 0 Å². The fraction of sp³-hybridized carbons (Fsp3) is 0. The van der Waals surface area contributed by atoms with Crippen LogP contribution >= 0.6 is 45.2 Å². The molecular weight excluding hydrogens is 452 g/mol. The van der Waals surface area contributed by atoms with Gasteiger partial charge in [0.05, 0.1) is 18.2 Å². The van der Waals surface area contributed by atoms with Crippen LogP contribution in [0.3, 0.4) is 0 Å². The first-order valence-electron chi connectivity index (χ1n) is 5.30. The molecule has 0 saturated heterocycles. The second-order valence-corrected chi connectivity index (χ2v) is 6.23. The normalized spacial score (nSPS) is 11.2. The van der Waals surface area contributed by atoms with E-state index < -0.39 is 0 Å². The number of halogens is 2. The molecule has 1 heterocycles. The van der Waals surface area contributed by atoms with Gasteiger partial charge in [0.1, 0.15) is 0 Å². The second-order valence-electron chi connectivity index (χ2n) is 4.07. The maximum absolute atomic E-state index is 5.92. The summed E-state index contributed by atoms with van der Waals surface area (Å²) in [5.74, 6) is 0. The molecule has 2 aromatic carbocycles. The van der Waals surface area contributed by atoms with Crippen molar-refractivity contribution in [1.82, 2.24) is 4.98 Å². The number of rotatable bonds is 0. The van der Waals surface area contributed by atoms with E-state index in [0.29, 0.717) is 0 Å². The van der Waals surface area contributed by atoms with E-state index in [1.165, 1.54) is 0 Å². The van der Waals surface area contributed by atoms with Crippen molar-refractivity contribution in [2.75, 3.05) is 11.5 Å². The summed E-state index contributed by atoms with van der Waals surface area (Å²) >= 11 is 4.47. The van der Waals surface area contributed by atoms with Crippen molar-refractivity contribution in [1.29, 1.82) is 0 Å². The molecule has 3 rings (SSSR count). The summed E-state index contributed by atoms with van der Waals surface area (Å²) in [6.07, 6.45) is 0. The zero-order chi connectivity index (χ0) is 12.9. The molecule has 3 nitrogen and oxygen atoms in total. The summed E-state index contributed by atoms with van der Waals surface area (Å²) in [4.78, 5) is 4.72. The number of hydrogen-bond acceptors (Lipinski definition) is 3. The first-order chi connectivity index (χ1) is 8.58. The summed E-state index contributed by atoms with van der Waals surface area (Å²) in [7, 11) is 0. The van der Waals surface area contributed by atoms with Crippen molar-refractivity contribution < 1.29 is 0 Å². The number of anilines is 2. The van der Waals surface area contributed by atoms with E-state index in [9.17, 15) is 0 Å². The van der Waals surface area contributed by atoms with Crippen LogP contribution in [0.25, 0.3) is 21.8 Å². The molecule has 0 fully saturated rings. The highest BCUT2D eigenvalue weighted by atomic mass is 127. The van der Waals surface area contributed by atoms with Crippen molar-refractivity contribution in [3.63, 3.8) is 0 Å². The van der Waals surface area contributed by atoms with Crippen molar-refractivity contribution in [3.05, 3.63) is 37.5 Å². The molecule has 0 aliphatic carbocycles. The minimum absolute atomic E-state index is 0.758. The number of aromatic nitrogens is 1. The average molecular weight is 461 g/mol. The highest BCUT2D eigenvalue weighted by Crippen LogP contribution is 2.30. The van der Waals surface area contributed by atoms with Crippen LogP contribution < -0.4 is 11.5 Å². The molecule has 18 heavy (non-hydrogen) atoms. The Balaban J connectivity index is 2.52. The Morgan fingerprint density at radius 3 is 1.67 bits per heavy atom. The molecule has 0 amide bonds. The first-order valence-corrected chi connectivity index (χ1v) is 7.46. The van der Waals surface area contributed by atoms with Crippen LogP contribution in [0, 0.1) is 7.14 Å². The van der Waals surface area contributed by atoms with E-state index >= 15 is 0 Å². The van der Waals surface area contributed by atoms with Gasteiger partial charge in [-0.25, -0.2) is 4.98 Å². The van der Waals surface area contributed by atoms with Crippen LogP contribution in [0.4, 0.5) is 11.4 Å². The Bertz CT molecular complexity index is 721. The highest BCUT2D eigenvalue weighted by Gasteiger charge is 2.09. The molecule has 90 valence electrons. The molecule has 5 heteroatoms. The van der Waals surface area contributed by atoms with Crippen LogP contribution in [0.1, 0.15) is 0 Å². The van der Waals surface area contributed by atoms with Gasteiger partial charge in [0.2, 0.25) is 0 Å². The maximum Gasteiger partial charge on any atom is 0.0864 e. The van der Waals surface area contributed by atoms with Crippen LogP contribution in [-0.4, -0.2) is 4.98 Å². The van der Waals surface area contributed by atoms with Crippen LogP contribution in [0.5, 0.6) is 0 Å². The van der Waals surface area contributed by atoms with E-state index in [4.69, 9.17) is 16.5 Å². The van der Waals surface area contributed by atoms with Gasteiger partial charge < -0.3 is 11.5 Å². The third kappa shape index (κ3) is 1.80. The van der Waals surface area contributed by atoms with E-state index in [0.717, 1.165) is 40.3 Å². The Morgan fingerprint density at radius 1 is 0.778 bits per heavy atom. The van der Waals surface area contributed by atoms with E-state index in [1.54, 1.807) is 0 Å². The lowest BCUT2D eigenvalue weighted by Gasteiger charge is -2.08. The smallest absolute Gasteiger partial charge is 0.0864 e. The Labute approximate surface area is 131 Å². The zero-order valence-electron chi connectivity index (χ0n) is 9.24. The number of hydrogen-bond donors (Lipinski definition) is 2. The molecule has 0 bridgehead atoms. The molecule has 0 aliphatic rings.